The zero-order chi connectivity index (χ0) is 19.2. The first-order valence-corrected chi connectivity index (χ1v) is 11.4. The van der Waals surface area contributed by atoms with Crippen LogP contribution in [-0.4, -0.2) is 48.8 Å². The van der Waals surface area contributed by atoms with Crippen LogP contribution in [0.3, 0.4) is 0 Å². The molecule has 0 aliphatic rings. The predicted molar refractivity (Wildman–Crippen MR) is 92.7 cm³/mol. The van der Waals surface area contributed by atoms with Crippen molar-refractivity contribution in [3.63, 3.8) is 0 Å². The second-order valence-electron chi connectivity index (χ2n) is 4.89. The quantitative estimate of drug-likeness (QED) is 0.384. The fourth-order valence-corrected chi connectivity index (χ4v) is 3.27. The molecule has 0 atom stereocenters. The zero-order valence-electron chi connectivity index (χ0n) is 13.4. The van der Waals surface area contributed by atoms with Crippen molar-refractivity contribution >= 4 is 40.8 Å². The Balaban J connectivity index is 0.000000293. The van der Waals surface area contributed by atoms with Crippen molar-refractivity contribution in [2.45, 2.75) is 11.8 Å². The fraction of sp³-hybridized carbons (Fsp3) is 0.133. The van der Waals surface area contributed by atoms with Crippen LogP contribution >= 0.6 is 0 Å². The third kappa shape index (κ3) is 6.39. The standard InChI is InChI=1S/C9H12AsNO5.C6H6O2S/c1-6(12)11(2)8-5-7(10(14,15)16)3-4-9(8)13;7-9(8)6-4-2-1-3-5-6/h3-5,13H,1-2H3,(H2,14,15,16);1-5,9H. The van der Waals surface area contributed by atoms with E-state index in [9.17, 15) is 22.1 Å². The summed E-state index contributed by atoms with van der Waals surface area (Å²) < 4.78 is 49.4. The first kappa shape index (κ1) is 21.0. The van der Waals surface area contributed by atoms with Gasteiger partial charge in [-0.1, -0.05) is 18.2 Å². The molecule has 136 valence electrons. The van der Waals surface area contributed by atoms with Gasteiger partial charge in [-0.3, -0.25) is 0 Å². The van der Waals surface area contributed by atoms with Gasteiger partial charge in [-0.15, -0.1) is 0 Å². The van der Waals surface area contributed by atoms with Crippen molar-refractivity contribution in [3.05, 3.63) is 48.5 Å². The Bertz CT molecular complexity index is 853. The molecule has 0 aliphatic heterocycles. The molecular formula is C15H18AsNO7S. The molecule has 0 aromatic heterocycles. The first-order valence-electron chi connectivity index (χ1n) is 6.87. The number of thiol groups is 1. The summed E-state index contributed by atoms with van der Waals surface area (Å²) in [6.45, 7) is 1.29. The van der Waals surface area contributed by atoms with Gasteiger partial charge in [0.1, 0.15) is 0 Å². The third-order valence-corrected chi connectivity index (χ3v) is 5.81. The maximum atomic E-state index is 11.1. The van der Waals surface area contributed by atoms with Crippen molar-refractivity contribution in [3.8, 4) is 5.75 Å². The molecule has 2 aromatic carbocycles. The summed E-state index contributed by atoms with van der Waals surface area (Å²) in [6, 6.07) is 11.7. The molecule has 10 heteroatoms. The topological polar surface area (TPSA) is 132 Å². The van der Waals surface area contributed by atoms with Crippen LogP contribution in [0, 0.1) is 0 Å². The number of amides is 1. The monoisotopic (exact) mass is 431 g/mol. The van der Waals surface area contributed by atoms with Crippen LogP contribution in [0.1, 0.15) is 6.92 Å². The summed E-state index contributed by atoms with van der Waals surface area (Å²) >= 11 is -5.00. The van der Waals surface area contributed by atoms with Crippen molar-refractivity contribution in [2.75, 3.05) is 11.9 Å². The van der Waals surface area contributed by atoms with Crippen molar-refractivity contribution in [2.24, 2.45) is 0 Å². The van der Waals surface area contributed by atoms with Crippen molar-refractivity contribution < 1.29 is 30.2 Å². The number of nitrogens with zero attached hydrogens (tertiary/aromatic N) is 1. The number of carbonyl (C=O) groups is 1. The van der Waals surface area contributed by atoms with E-state index in [1.807, 2.05) is 0 Å². The largest absolute Gasteiger partial charge is 0.227 e. The van der Waals surface area contributed by atoms with Crippen LogP contribution in [0.4, 0.5) is 5.69 Å². The smallest absolute Gasteiger partial charge is 0.168 e. The van der Waals surface area contributed by atoms with Gasteiger partial charge in [-0.2, -0.15) is 0 Å². The number of hydrogen-bond donors (Lipinski definition) is 4. The second-order valence-corrected chi connectivity index (χ2v) is 9.28. The van der Waals surface area contributed by atoms with Gasteiger partial charge < -0.3 is 0 Å². The summed E-state index contributed by atoms with van der Waals surface area (Å²) in [5, 5.41) is 9.48. The van der Waals surface area contributed by atoms with E-state index in [0.717, 1.165) is 23.1 Å². The van der Waals surface area contributed by atoms with Gasteiger partial charge in [0, 0.05) is 0 Å². The number of phenolic OH excluding ortho intramolecular Hbond substituents is 1. The van der Waals surface area contributed by atoms with E-state index in [4.69, 9.17) is 8.19 Å². The summed E-state index contributed by atoms with van der Waals surface area (Å²) in [6.07, 6.45) is 0. The molecule has 0 saturated carbocycles. The van der Waals surface area contributed by atoms with E-state index in [1.165, 1.54) is 14.0 Å². The Morgan fingerprint density at radius 2 is 1.64 bits per heavy atom. The molecular weight excluding hydrogens is 413 g/mol. The number of anilines is 1. The molecule has 0 radical (unpaired) electrons. The van der Waals surface area contributed by atoms with Crippen molar-refractivity contribution in [1.82, 2.24) is 0 Å². The molecule has 0 fully saturated rings. The molecule has 2 aromatic rings. The molecule has 8 nitrogen and oxygen atoms in total. The summed E-state index contributed by atoms with van der Waals surface area (Å²) in [7, 11) is -0.985. The normalized spacial score (nSPS) is 10.8. The minimum Gasteiger partial charge on any atom is -0.227 e. The molecule has 0 unspecified atom stereocenters. The van der Waals surface area contributed by atoms with Gasteiger partial charge in [-0.25, -0.2) is 8.42 Å². The molecule has 1 amide bonds. The van der Waals surface area contributed by atoms with Crippen LogP contribution < -0.4 is 9.25 Å². The Kier molecular flexibility index (Phi) is 7.44. The van der Waals surface area contributed by atoms with E-state index in [1.54, 1.807) is 30.3 Å². The average Bonchev–Trinajstić information content (AvgIpc) is 2.55. The minimum atomic E-state index is -5.00. The first-order chi connectivity index (χ1) is 11.5. The number of carbonyl (C=O) groups excluding carboxylic acids is 1. The molecule has 3 N–H and O–H groups in total. The van der Waals surface area contributed by atoms with Crippen LogP contribution in [0.15, 0.2) is 53.4 Å². The van der Waals surface area contributed by atoms with E-state index >= 15 is 0 Å². The fourth-order valence-electron chi connectivity index (χ4n) is 1.68. The second kappa shape index (κ2) is 8.87. The SMILES string of the molecule is CC(=O)N(C)c1cc([As](=O)(O)O)ccc1O.O=[SH](=O)c1ccccc1. The van der Waals surface area contributed by atoms with Crippen molar-refractivity contribution in [1.29, 1.82) is 0 Å². The number of aromatic hydroxyl groups is 1. The van der Waals surface area contributed by atoms with Gasteiger partial charge in [0.15, 0.2) is 10.7 Å². The van der Waals surface area contributed by atoms with Gasteiger partial charge in [-0.05, 0) is 12.1 Å². The van der Waals surface area contributed by atoms with Crippen LogP contribution in [0.2, 0.25) is 0 Å². The number of rotatable bonds is 3. The van der Waals surface area contributed by atoms with Gasteiger partial charge in [0.2, 0.25) is 0 Å². The summed E-state index contributed by atoms with van der Waals surface area (Å²) in [5.41, 5.74) is 0.0785. The van der Waals surface area contributed by atoms with Crippen LogP contribution in [0.5, 0.6) is 5.75 Å². The molecule has 0 saturated heterocycles. The Morgan fingerprint density at radius 1 is 1.08 bits per heavy atom. The molecule has 2 rings (SSSR count). The van der Waals surface area contributed by atoms with E-state index < -0.39 is 24.9 Å². The predicted octanol–water partition coefficient (Wildman–Crippen LogP) is -0.407. The molecule has 0 heterocycles. The van der Waals surface area contributed by atoms with Crippen LogP contribution in [-0.2, 0) is 19.2 Å². The third-order valence-electron chi connectivity index (χ3n) is 3.10. The van der Waals surface area contributed by atoms with Gasteiger partial charge >= 0.3 is 94.8 Å². The average molecular weight is 431 g/mol. The number of benzene rings is 2. The summed E-state index contributed by atoms with van der Waals surface area (Å²) in [4.78, 5) is 12.6. The van der Waals surface area contributed by atoms with Gasteiger partial charge in [0.25, 0.3) is 0 Å². The Labute approximate surface area is 149 Å². The number of hydrogen-bond acceptors (Lipinski definition) is 5. The number of phenols is 1. The van der Waals surface area contributed by atoms with Gasteiger partial charge in [0.05, 0.1) is 4.90 Å². The maximum Gasteiger partial charge on any atom is 0.168 e. The molecule has 25 heavy (non-hydrogen) atoms. The summed E-state index contributed by atoms with van der Waals surface area (Å²) in [5.74, 6) is -0.546. The van der Waals surface area contributed by atoms with E-state index in [2.05, 4.69) is 0 Å². The molecule has 0 spiro atoms. The zero-order valence-corrected chi connectivity index (χ0v) is 16.2. The minimum absolute atomic E-state index is 0.0785. The molecule has 0 bridgehead atoms. The van der Waals surface area contributed by atoms with E-state index in [0.29, 0.717) is 4.90 Å². The Morgan fingerprint density at radius 3 is 2.04 bits per heavy atom. The Hall–Kier alpha value is -2.06. The maximum absolute atomic E-state index is 11.1. The van der Waals surface area contributed by atoms with Crippen LogP contribution in [0.25, 0.3) is 0 Å². The van der Waals surface area contributed by atoms with E-state index in [-0.39, 0.29) is 21.7 Å². The molecule has 0 aliphatic carbocycles.